The SMILES string of the molecule is CCC(CC)NC1CCN(C(N)=O)CC1. The summed E-state index contributed by atoms with van der Waals surface area (Å²) in [6.07, 6.45) is 4.40. The molecule has 0 spiro atoms. The third-order valence-electron chi connectivity index (χ3n) is 3.26. The number of carbonyl (C=O) groups is 1. The highest BCUT2D eigenvalue weighted by atomic mass is 16.2. The quantitative estimate of drug-likeness (QED) is 0.739. The van der Waals surface area contributed by atoms with E-state index in [0.29, 0.717) is 12.1 Å². The Kier molecular flexibility index (Phi) is 4.88. The number of nitrogens with one attached hydrogen (secondary N) is 1. The van der Waals surface area contributed by atoms with Crippen LogP contribution in [-0.4, -0.2) is 36.1 Å². The molecule has 15 heavy (non-hydrogen) atoms. The van der Waals surface area contributed by atoms with Crippen LogP contribution in [0, 0.1) is 0 Å². The van der Waals surface area contributed by atoms with Gasteiger partial charge in [0.2, 0.25) is 0 Å². The number of amides is 2. The number of primary amides is 1. The summed E-state index contributed by atoms with van der Waals surface area (Å²) in [5.74, 6) is 0. The van der Waals surface area contributed by atoms with Crippen molar-refractivity contribution < 1.29 is 4.79 Å². The lowest BCUT2D eigenvalue weighted by Crippen LogP contribution is -2.48. The molecular formula is C11H23N3O. The minimum atomic E-state index is -0.281. The molecule has 1 aliphatic heterocycles. The number of carbonyl (C=O) groups excluding carboxylic acids is 1. The predicted octanol–water partition coefficient (Wildman–Crippen LogP) is 1.31. The Morgan fingerprint density at radius 2 is 1.93 bits per heavy atom. The largest absolute Gasteiger partial charge is 0.351 e. The molecule has 1 aliphatic rings. The molecule has 1 rings (SSSR count). The van der Waals surface area contributed by atoms with E-state index in [2.05, 4.69) is 19.2 Å². The minimum Gasteiger partial charge on any atom is -0.351 e. The topological polar surface area (TPSA) is 58.4 Å². The van der Waals surface area contributed by atoms with Crippen LogP contribution < -0.4 is 11.1 Å². The molecule has 0 aromatic rings. The van der Waals surface area contributed by atoms with Crippen LogP contribution in [0.15, 0.2) is 0 Å². The fraction of sp³-hybridized carbons (Fsp3) is 0.909. The lowest BCUT2D eigenvalue weighted by Gasteiger charge is -2.33. The van der Waals surface area contributed by atoms with E-state index in [0.717, 1.165) is 25.9 Å². The van der Waals surface area contributed by atoms with Crippen LogP contribution in [0.1, 0.15) is 39.5 Å². The number of likely N-dealkylation sites (tertiary alicyclic amines) is 1. The van der Waals surface area contributed by atoms with Gasteiger partial charge in [0.15, 0.2) is 0 Å². The zero-order chi connectivity index (χ0) is 11.3. The summed E-state index contributed by atoms with van der Waals surface area (Å²) in [4.78, 5) is 12.7. The number of piperidine rings is 1. The first-order valence-electron chi connectivity index (χ1n) is 5.97. The molecule has 0 unspecified atom stereocenters. The van der Waals surface area contributed by atoms with Crippen LogP contribution in [0.2, 0.25) is 0 Å². The molecular weight excluding hydrogens is 190 g/mol. The summed E-state index contributed by atoms with van der Waals surface area (Å²) < 4.78 is 0. The van der Waals surface area contributed by atoms with Crippen molar-refractivity contribution in [3.05, 3.63) is 0 Å². The van der Waals surface area contributed by atoms with Gasteiger partial charge in [0.25, 0.3) is 0 Å². The van der Waals surface area contributed by atoms with Crippen LogP contribution in [-0.2, 0) is 0 Å². The molecule has 0 aliphatic carbocycles. The predicted molar refractivity (Wildman–Crippen MR) is 61.7 cm³/mol. The molecule has 88 valence electrons. The van der Waals surface area contributed by atoms with Crippen LogP contribution in [0.5, 0.6) is 0 Å². The van der Waals surface area contributed by atoms with Gasteiger partial charge in [0, 0.05) is 25.2 Å². The number of hydrogen-bond acceptors (Lipinski definition) is 2. The Hall–Kier alpha value is -0.770. The van der Waals surface area contributed by atoms with Crippen molar-refractivity contribution >= 4 is 6.03 Å². The summed E-state index contributed by atoms with van der Waals surface area (Å²) in [7, 11) is 0. The molecule has 0 saturated carbocycles. The number of rotatable bonds is 4. The second-order valence-electron chi connectivity index (χ2n) is 4.28. The standard InChI is InChI=1S/C11H23N3O/c1-3-9(4-2)13-10-5-7-14(8-6-10)11(12)15/h9-10,13H,3-8H2,1-2H3,(H2,12,15). The second-order valence-corrected chi connectivity index (χ2v) is 4.28. The molecule has 1 fully saturated rings. The first-order valence-corrected chi connectivity index (χ1v) is 5.97. The highest BCUT2D eigenvalue weighted by molar-refractivity contribution is 5.72. The van der Waals surface area contributed by atoms with Crippen molar-refractivity contribution in [2.45, 2.75) is 51.6 Å². The maximum atomic E-state index is 10.9. The number of nitrogens with two attached hydrogens (primary N) is 1. The van der Waals surface area contributed by atoms with Gasteiger partial charge in [-0.25, -0.2) is 4.79 Å². The van der Waals surface area contributed by atoms with Gasteiger partial charge in [-0.2, -0.15) is 0 Å². The normalized spacial score (nSPS) is 18.5. The van der Waals surface area contributed by atoms with Crippen LogP contribution in [0.25, 0.3) is 0 Å². The summed E-state index contributed by atoms with van der Waals surface area (Å²) in [5, 5.41) is 3.64. The van der Waals surface area contributed by atoms with E-state index in [-0.39, 0.29) is 6.03 Å². The fourth-order valence-corrected chi connectivity index (χ4v) is 2.12. The minimum absolute atomic E-state index is 0.281. The Balaban J connectivity index is 2.28. The van der Waals surface area contributed by atoms with Crippen molar-refractivity contribution in [1.82, 2.24) is 10.2 Å². The van der Waals surface area contributed by atoms with E-state index in [1.807, 2.05) is 0 Å². The summed E-state index contributed by atoms with van der Waals surface area (Å²) in [6, 6.07) is 0.900. The lowest BCUT2D eigenvalue weighted by atomic mass is 10.0. The van der Waals surface area contributed by atoms with Crippen molar-refractivity contribution in [3.8, 4) is 0 Å². The summed E-state index contributed by atoms with van der Waals surface area (Å²) in [6.45, 7) is 6.01. The monoisotopic (exact) mass is 213 g/mol. The maximum absolute atomic E-state index is 10.9. The first-order chi connectivity index (χ1) is 7.17. The number of nitrogens with zero attached hydrogens (tertiary/aromatic N) is 1. The maximum Gasteiger partial charge on any atom is 0.314 e. The number of urea groups is 1. The van der Waals surface area contributed by atoms with Crippen LogP contribution in [0.3, 0.4) is 0 Å². The van der Waals surface area contributed by atoms with Crippen molar-refractivity contribution in [3.63, 3.8) is 0 Å². The van der Waals surface area contributed by atoms with Crippen molar-refractivity contribution in [2.75, 3.05) is 13.1 Å². The van der Waals surface area contributed by atoms with Crippen molar-refractivity contribution in [1.29, 1.82) is 0 Å². The van der Waals surface area contributed by atoms with Gasteiger partial charge >= 0.3 is 6.03 Å². The van der Waals surface area contributed by atoms with Crippen LogP contribution in [0.4, 0.5) is 4.79 Å². The Bertz CT molecular complexity index is 196. The van der Waals surface area contributed by atoms with E-state index >= 15 is 0 Å². The Labute approximate surface area is 92.2 Å². The van der Waals surface area contributed by atoms with Crippen LogP contribution >= 0.6 is 0 Å². The van der Waals surface area contributed by atoms with Gasteiger partial charge in [-0.15, -0.1) is 0 Å². The smallest absolute Gasteiger partial charge is 0.314 e. The molecule has 0 aromatic carbocycles. The van der Waals surface area contributed by atoms with Gasteiger partial charge in [0.1, 0.15) is 0 Å². The molecule has 3 N–H and O–H groups in total. The van der Waals surface area contributed by atoms with Gasteiger partial charge in [-0.3, -0.25) is 0 Å². The zero-order valence-corrected chi connectivity index (χ0v) is 9.83. The Morgan fingerprint density at radius 3 is 2.33 bits per heavy atom. The van der Waals surface area contributed by atoms with Gasteiger partial charge in [-0.1, -0.05) is 13.8 Å². The summed E-state index contributed by atoms with van der Waals surface area (Å²) >= 11 is 0. The average molecular weight is 213 g/mol. The molecule has 4 heteroatoms. The molecule has 1 saturated heterocycles. The van der Waals surface area contributed by atoms with E-state index in [9.17, 15) is 4.79 Å². The van der Waals surface area contributed by atoms with E-state index in [4.69, 9.17) is 5.73 Å². The number of hydrogen-bond donors (Lipinski definition) is 2. The van der Waals surface area contributed by atoms with Gasteiger partial charge in [-0.05, 0) is 25.7 Å². The lowest BCUT2D eigenvalue weighted by molar-refractivity contribution is 0.181. The molecule has 2 amide bonds. The molecule has 0 radical (unpaired) electrons. The van der Waals surface area contributed by atoms with Crippen molar-refractivity contribution in [2.24, 2.45) is 5.73 Å². The zero-order valence-electron chi connectivity index (χ0n) is 9.83. The second kappa shape index (κ2) is 5.95. The molecule has 0 atom stereocenters. The highest BCUT2D eigenvalue weighted by Crippen LogP contribution is 2.12. The van der Waals surface area contributed by atoms with E-state index in [1.165, 1.54) is 12.8 Å². The summed E-state index contributed by atoms with van der Waals surface area (Å²) in [5.41, 5.74) is 5.23. The van der Waals surface area contributed by atoms with E-state index in [1.54, 1.807) is 4.90 Å². The van der Waals surface area contributed by atoms with Gasteiger partial charge in [0.05, 0.1) is 0 Å². The third-order valence-corrected chi connectivity index (χ3v) is 3.26. The van der Waals surface area contributed by atoms with Gasteiger partial charge < -0.3 is 16.0 Å². The molecule has 4 nitrogen and oxygen atoms in total. The molecule has 0 bridgehead atoms. The third kappa shape index (κ3) is 3.70. The Morgan fingerprint density at radius 1 is 1.40 bits per heavy atom. The molecule has 0 aromatic heterocycles. The average Bonchev–Trinajstić information content (AvgIpc) is 2.26. The fourth-order valence-electron chi connectivity index (χ4n) is 2.12. The highest BCUT2D eigenvalue weighted by Gasteiger charge is 2.22. The first kappa shape index (κ1) is 12.3. The van der Waals surface area contributed by atoms with E-state index < -0.39 is 0 Å². The molecule has 1 heterocycles.